The van der Waals surface area contributed by atoms with Crippen LogP contribution in [0.2, 0.25) is 0 Å². The molecule has 4 aromatic rings. The van der Waals surface area contributed by atoms with E-state index in [1.165, 1.54) is 23.8 Å². The van der Waals surface area contributed by atoms with Gasteiger partial charge in [-0.2, -0.15) is 0 Å². The number of allylic oxidation sites excluding steroid dienone is 1. The smallest absolute Gasteiger partial charge is 0.338 e. The zero-order valence-electron chi connectivity index (χ0n) is 22.9. The number of fused-ring (bicyclic) bond motifs is 1. The summed E-state index contributed by atoms with van der Waals surface area (Å²) < 4.78 is 18.2. The summed E-state index contributed by atoms with van der Waals surface area (Å²) >= 11 is 1.14. The molecule has 1 unspecified atom stereocenters. The number of ether oxygens (including phenoxy) is 3. The van der Waals surface area contributed by atoms with Crippen LogP contribution in [0.25, 0.3) is 6.08 Å². The molecular formula is C31H27N3O7S. The van der Waals surface area contributed by atoms with E-state index >= 15 is 0 Å². The molecule has 0 aliphatic carbocycles. The molecule has 1 aliphatic heterocycles. The number of rotatable bonds is 10. The van der Waals surface area contributed by atoms with Gasteiger partial charge >= 0.3 is 5.97 Å². The number of nitro benzene ring substituents is 1. The summed E-state index contributed by atoms with van der Waals surface area (Å²) in [5.74, 6) is 0.0290. The van der Waals surface area contributed by atoms with Gasteiger partial charge in [-0.15, -0.1) is 0 Å². The Kier molecular flexibility index (Phi) is 8.70. The lowest BCUT2D eigenvalue weighted by Gasteiger charge is -2.25. The maximum Gasteiger partial charge on any atom is 0.338 e. The first kappa shape index (κ1) is 28.7. The number of methoxy groups -OCH3 is 1. The van der Waals surface area contributed by atoms with E-state index in [0.29, 0.717) is 38.5 Å². The normalized spacial score (nSPS) is 14.7. The van der Waals surface area contributed by atoms with E-state index in [9.17, 15) is 19.7 Å². The maximum absolute atomic E-state index is 13.8. The summed E-state index contributed by atoms with van der Waals surface area (Å²) in [4.78, 5) is 42.9. The van der Waals surface area contributed by atoms with Crippen molar-refractivity contribution in [2.45, 2.75) is 19.6 Å². The molecule has 214 valence electrons. The lowest BCUT2D eigenvalue weighted by molar-refractivity contribution is -0.384. The van der Waals surface area contributed by atoms with Crippen molar-refractivity contribution in [2.75, 3.05) is 20.3 Å². The van der Waals surface area contributed by atoms with Gasteiger partial charge in [0.15, 0.2) is 4.80 Å². The Balaban J connectivity index is 1.55. The average Bonchev–Trinajstić information content (AvgIpc) is 3.30. The van der Waals surface area contributed by atoms with Gasteiger partial charge in [0.2, 0.25) is 0 Å². The predicted molar refractivity (Wildman–Crippen MR) is 157 cm³/mol. The van der Waals surface area contributed by atoms with Crippen LogP contribution in [0, 0.1) is 10.1 Å². The first-order valence-electron chi connectivity index (χ1n) is 13.1. The van der Waals surface area contributed by atoms with Crippen molar-refractivity contribution in [3.8, 4) is 5.75 Å². The molecule has 1 aromatic heterocycles. The van der Waals surface area contributed by atoms with Crippen LogP contribution >= 0.6 is 11.3 Å². The van der Waals surface area contributed by atoms with E-state index in [1.54, 1.807) is 37.3 Å². The number of non-ortho nitro benzene ring substituents is 1. The number of carbonyl (C=O) groups excluding carboxylic acids is 1. The molecule has 0 saturated heterocycles. The summed E-state index contributed by atoms with van der Waals surface area (Å²) in [6.07, 6.45) is 1.59. The number of nitro groups is 1. The highest BCUT2D eigenvalue weighted by molar-refractivity contribution is 7.07. The summed E-state index contributed by atoms with van der Waals surface area (Å²) in [5, 5.41) is 11.2. The monoisotopic (exact) mass is 585 g/mol. The minimum atomic E-state index is -0.813. The van der Waals surface area contributed by atoms with Crippen molar-refractivity contribution in [2.24, 2.45) is 4.99 Å². The highest BCUT2D eigenvalue weighted by atomic mass is 32.1. The van der Waals surface area contributed by atoms with Crippen molar-refractivity contribution in [3.63, 3.8) is 0 Å². The Labute approximate surface area is 244 Å². The number of carbonyl (C=O) groups is 1. The van der Waals surface area contributed by atoms with Gasteiger partial charge in [-0.3, -0.25) is 19.5 Å². The molecule has 42 heavy (non-hydrogen) atoms. The van der Waals surface area contributed by atoms with Crippen LogP contribution in [0.4, 0.5) is 5.69 Å². The van der Waals surface area contributed by atoms with E-state index in [-0.39, 0.29) is 30.0 Å². The predicted octanol–water partition coefficient (Wildman–Crippen LogP) is 3.91. The minimum absolute atomic E-state index is 0.0440. The van der Waals surface area contributed by atoms with E-state index < -0.39 is 16.9 Å². The molecular weight excluding hydrogens is 558 g/mol. The summed E-state index contributed by atoms with van der Waals surface area (Å²) in [5.41, 5.74) is 2.39. The van der Waals surface area contributed by atoms with Crippen LogP contribution < -0.4 is 19.6 Å². The second kappa shape index (κ2) is 12.8. The summed E-state index contributed by atoms with van der Waals surface area (Å²) in [6, 6.07) is 22.2. The van der Waals surface area contributed by atoms with Gasteiger partial charge in [0.1, 0.15) is 19.0 Å². The molecule has 0 fully saturated rings. The van der Waals surface area contributed by atoms with E-state index in [4.69, 9.17) is 14.2 Å². The van der Waals surface area contributed by atoms with Gasteiger partial charge in [-0.1, -0.05) is 65.9 Å². The van der Waals surface area contributed by atoms with E-state index in [2.05, 4.69) is 4.99 Å². The lowest BCUT2D eigenvalue weighted by Crippen LogP contribution is -2.40. The standard InChI is InChI=1S/C31H27N3O7S/c1-20-27(30(36)40-16-15-39-2)28(23-11-13-25(14-12-23)41-19-21-7-4-3-5-8-21)33-29(35)26(42-31(33)32-20)18-22-9-6-10-24(17-22)34(37)38/h3-14,17-18,28H,15-16,19H2,1-2H3/b26-18-. The number of nitrogens with zero attached hydrogens (tertiary/aromatic N) is 3. The van der Waals surface area contributed by atoms with Gasteiger partial charge < -0.3 is 14.2 Å². The van der Waals surface area contributed by atoms with Crippen LogP contribution in [0.15, 0.2) is 99.9 Å². The van der Waals surface area contributed by atoms with Gasteiger partial charge in [0, 0.05) is 19.2 Å². The van der Waals surface area contributed by atoms with Crippen molar-refractivity contribution >= 4 is 29.1 Å². The highest BCUT2D eigenvalue weighted by Gasteiger charge is 2.33. The fraction of sp³-hybridized carbons (Fsp3) is 0.194. The van der Waals surface area contributed by atoms with Gasteiger partial charge in [-0.05, 0) is 41.8 Å². The molecule has 0 amide bonds. The Morgan fingerprint density at radius 1 is 1.07 bits per heavy atom. The molecule has 1 aliphatic rings. The zero-order valence-corrected chi connectivity index (χ0v) is 23.7. The molecule has 2 heterocycles. The number of benzene rings is 3. The summed E-state index contributed by atoms with van der Waals surface area (Å²) in [6.45, 7) is 2.36. The van der Waals surface area contributed by atoms with Gasteiger partial charge in [0.25, 0.3) is 11.2 Å². The van der Waals surface area contributed by atoms with Crippen molar-refractivity contribution in [1.82, 2.24) is 4.57 Å². The van der Waals surface area contributed by atoms with Crippen LogP contribution in [-0.2, 0) is 20.9 Å². The van der Waals surface area contributed by atoms with Gasteiger partial charge in [-0.25, -0.2) is 9.79 Å². The second-order valence-electron chi connectivity index (χ2n) is 9.41. The Hall–Kier alpha value is -4.87. The number of thiazole rings is 1. The zero-order chi connectivity index (χ0) is 29.6. The second-order valence-corrected chi connectivity index (χ2v) is 10.4. The third kappa shape index (κ3) is 6.22. The molecule has 3 aromatic carbocycles. The SMILES string of the molecule is COCCOC(=O)C1=C(C)N=c2s/c(=C\c3cccc([N+](=O)[O-])c3)c(=O)n2C1c1ccc(OCc2ccccc2)cc1. The van der Waals surface area contributed by atoms with Gasteiger partial charge in [0.05, 0.1) is 33.4 Å². The molecule has 0 bridgehead atoms. The lowest BCUT2D eigenvalue weighted by atomic mass is 9.96. The average molecular weight is 586 g/mol. The molecule has 0 saturated carbocycles. The van der Waals surface area contributed by atoms with Crippen LogP contribution in [0.3, 0.4) is 0 Å². The molecule has 11 heteroatoms. The number of aromatic nitrogens is 1. The molecule has 1 atom stereocenters. The highest BCUT2D eigenvalue weighted by Crippen LogP contribution is 2.32. The maximum atomic E-state index is 13.8. The topological polar surface area (TPSA) is 122 Å². The van der Waals surface area contributed by atoms with Crippen LogP contribution in [-0.4, -0.2) is 35.8 Å². The fourth-order valence-corrected chi connectivity index (χ4v) is 5.61. The molecule has 10 nitrogen and oxygen atoms in total. The third-order valence-electron chi connectivity index (χ3n) is 6.59. The fourth-order valence-electron chi connectivity index (χ4n) is 4.56. The van der Waals surface area contributed by atoms with E-state index in [0.717, 1.165) is 16.9 Å². The molecule has 0 radical (unpaired) electrons. The summed E-state index contributed by atoms with van der Waals surface area (Å²) in [7, 11) is 1.51. The largest absolute Gasteiger partial charge is 0.489 e. The molecule has 5 rings (SSSR count). The number of hydrogen-bond donors (Lipinski definition) is 0. The van der Waals surface area contributed by atoms with Crippen molar-refractivity contribution in [1.29, 1.82) is 0 Å². The Bertz CT molecular complexity index is 1830. The molecule has 0 N–H and O–H groups in total. The Morgan fingerprint density at radius 2 is 1.83 bits per heavy atom. The van der Waals surface area contributed by atoms with Crippen LogP contribution in [0.1, 0.15) is 29.7 Å². The first-order chi connectivity index (χ1) is 20.4. The quantitative estimate of drug-likeness (QED) is 0.120. The minimum Gasteiger partial charge on any atom is -0.489 e. The number of hydrogen-bond acceptors (Lipinski definition) is 9. The number of esters is 1. The van der Waals surface area contributed by atoms with Crippen molar-refractivity contribution < 1.29 is 23.9 Å². The first-order valence-corrected chi connectivity index (χ1v) is 13.9. The van der Waals surface area contributed by atoms with E-state index in [1.807, 2.05) is 42.5 Å². The Morgan fingerprint density at radius 3 is 2.55 bits per heavy atom. The molecule has 0 spiro atoms. The van der Waals surface area contributed by atoms with Crippen molar-refractivity contribution in [3.05, 3.63) is 137 Å². The third-order valence-corrected chi connectivity index (χ3v) is 7.57. The van der Waals surface area contributed by atoms with Crippen LogP contribution in [0.5, 0.6) is 5.75 Å².